The molecule has 3 rings (SSSR count). The third-order valence-electron chi connectivity index (χ3n) is 4.90. The van der Waals surface area contributed by atoms with Gasteiger partial charge in [0.2, 0.25) is 5.91 Å². The molecule has 1 atom stereocenters. The summed E-state index contributed by atoms with van der Waals surface area (Å²) in [4.78, 5) is 28.0. The Kier molecular flexibility index (Phi) is 5.79. The topological polar surface area (TPSA) is 61.9 Å². The third-order valence-corrected chi connectivity index (χ3v) is 4.90. The number of carbonyl (C=O) groups is 2. The summed E-state index contributed by atoms with van der Waals surface area (Å²) >= 11 is 0. The van der Waals surface area contributed by atoms with Gasteiger partial charge >= 0.3 is 6.03 Å². The van der Waals surface area contributed by atoms with Crippen LogP contribution in [0.25, 0.3) is 0 Å². The number of hydrogen-bond donors (Lipinski definition) is 1. The maximum Gasteiger partial charge on any atom is 0.317 e. The minimum absolute atomic E-state index is 0.00537. The summed E-state index contributed by atoms with van der Waals surface area (Å²) in [5, 5.41) is 2.84. The van der Waals surface area contributed by atoms with Gasteiger partial charge in [-0.3, -0.25) is 4.79 Å². The van der Waals surface area contributed by atoms with E-state index in [1.54, 1.807) is 0 Å². The van der Waals surface area contributed by atoms with E-state index in [-0.39, 0.29) is 18.0 Å². The Labute approximate surface area is 149 Å². The maximum absolute atomic E-state index is 12.4. The molecule has 6 heteroatoms. The Balaban J connectivity index is 1.40. The number of nitrogens with one attached hydrogen (secondary N) is 1. The van der Waals surface area contributed by atoms with Crippen molar-refractivity contribution in [2.24, 2.45) is 0 Å². The summed E-state index contributed by atoms with van der Waals surface area (Å²) in [6.07, 6.45) is 3.14. The van der Waals surface area contributed by atoms with E-state index in [1.807, 2.05) is 41.0 Å². The molecule has 25 heavy (non-hydrogen) atoms. The van der Waals surface area contributed by atoms with E-state index in [9.17, 15) is 9.59 Å². The SMILES string of the molecule is Cc1ccc(OCCCC(=O)N2CCC[C@H](N3CCNC3=O)C2)cc1. The summed E-state index contributed by atoms with van der Waals surface area (Å²) < 4.78 is 5.68. The number of benzene rings is 1. The molecule has 1 N–H and O–H groups in total. The monoisotopic (exact) mass is 345 g/mol. The van der Waals surface area contributed by atoms with E-state index in [1.165, 1.54) is 5.56 Å². The van der Waals surface area contributed by atoms with Crippen LogP contribution >= 0.6 is 0 Å². The Morgan fingerprint density at radius 1 is 1.28 bits per heavy atom. The van der Waals surface area contributed by atoms with Crippen molar-refractivity contribution in [3.05, 3.63) is 29.8 Å². The number of ether oxygens (including phenoxy) is 1. The molecule has 2 aliphatic heterocycles. The molecular formula is C19H27N3O3. The molecule has 2 heterocycles. The van der Waals surface area contributed by atoms with E-state index in [0.29, 0.717) is 32.5 Å². The highest BCUT2D eigenvalue weighted by Gasteiger charge is 2.32. The van der Waals surface area contributed by atoms with Gasteiger partial charge in [-0.15, -0.1) is 0 Å². The van der Waals surface area contributed by atoms with E-state index in [4.69, 9.17) is 4.74 Å². The lowest BCUT2D eigenvalue weighted by Crippen LogP contribution is -2.50. The number of likely N-dealkylation sites (tertiary alicyclic amines) is 1. The molecule has 0 radical (unpaired) electrons. The summed E-state index contributed by atoms with van der Waals surface area (Å²) in [6, 6.07) is 8.10. The first-order valence-corrected chi connectivity index (χ1v) is 9.15. The zero-order valence-corrected chi connectivity index (χ0v) is 14.9. The Bertz CT molecular complexity index is 602. The van der Waals surface area contributed by atoms with E-state index in [2.05, 4.69) is 5.32 Å². The van der Waals surface area contributed by atoms with Crippen LogP contribution in [0.1, 0.15) is 31.2 Å². The minimum Gasteiger partial charge on any atom is -0.494 e. The van der Waals surface area contributed by atoms with Gasteiger partial charge in [-0.1, -0.05) is 17.7 Å². The van der Waals surface area contributed by atoms with Gasteiger partial charge < -0.3 is 19.9 Å². The molecule has 6 nitrogen and oxygen atoms in total. The lowest BCUT2D eigenvalue weighted by molar-refractivity contribution is -0.133. The number of amides is 3. The molecule has 0 bridgehead atoms. The van der Waals surface area contributed by atoms with Crippen molar-refractivity contribution in [3.63, 3.8) is 0 Å². The zero-order valence-electron chi connectivity index (χ0n) is 14.9. The maximum atomic E-state index is 12.4. The van der Waals surface area contributed by atoms with Crippen molar-refractivity contribution in [1.82, 2.24) is 15.1 Å². The molecule has 0 aliphatic carbocycles. The highest BCUT2D eigenvalue weighted by molar-refractivity contribution is 5.78. The van der Waals surface area contributed by atoms with Crippen LogP contribution in [0.3, 0.4) is 0 Å². The predicted molar refractivity (Wildman–Crippen MR) is 95.6 cm³/mol. The summed E-state index contributed by atoms with van der Waals surface area (Å²) in [5.41, 5.74) is 1.20. The van der Waals surface area contributed by atoms with Crippen molar-refractivity contribution < 1.29 is 14.3 Å². The number of nitrogens with zero attached hydrogens (tertiary/aromatic N) is 2. The second-order valence-corrected chi connectivity index (χ2v) is 6.83. The molecule has 2 fully saturated rings. The van der Waals surface area contributed by atoms with Crippen LogP contribution in [0, 0.1) is 6.92 Å². The van der Waals surface area contributed by atoms with Crippen LogP contribution < -0.4 is 10.1 Å². The van der Waals surface area contributed by atoms with Gasteiger partial charge in [-0.2, -0.15) is 0 Å². The van der Waals surface area contributed by atoms with Crippen molar-refractivity contribution in [1.29, 1.82) is 0 Å². The molecule has 0 saturated carbocycles. The second kappa shape index (κ2) is 8.23. The third kappa shape index (κ3) is 4.65. The highest BCUT2D eigenvalue weighted by Crippen LogP contribution is 2.19. The van der Waals surface area contributed by atoms with Gasteiger partial charge in [0, 0.05) is 32.6 Å². The van der Waals surface area contributed by atoms with Crippen LogP contribution in [-0.4, -0.2) is 60.6 Å². The van der Waals surface area contributed by atoms with Gasteiger partial charge in [-0.05, 0) is 38.3 Å². The number of rotatable bonds is 6. The number of urea groups is 1. The average Bonchev–Trinajstić information content (AvgIpc) is 3.06. The van der Waals surface area contributed by atoms with E-state index in [0.717, 1.165) is 31.7 Å². The van der Waals surface area contributed by atoms with Crippen molar-refractivity contribution in [2.75, 3.05) is 32.8 Å². The van der Waals surface area contributed by atoms with Crippen LogP contribution in [0.5, 0.6) is 5.75 Å². The molecule has 2 aliphatic rings. The van der Waals surface area contributed by atoms with Crippen molar-refractivity contribution in [3.8, 4) is 5.75 Å². The minimum atomic E-state index is 0.00537. The molecule has 2 saturated heterocycles. The van der Waals surface area contributed by atoms with Crippen LogP contribution in [-0.2, 0) is 4.79 Å². The molecule has 0 aromatic heterocycles. The van der Waals surface area contributed by atoms with Crippen molar-refractivity contribution >= 4 is 11.9 Å². The quantitative estimate of drug-likeness (QED) is 0.804. The lowest BCUT2D eigenvalue weighted by atomic mass is 10.0. The Hall–Kier alpha value is -2.24. The second-order valence-electron chi connectivity index (χ2n) is 6.83. The largest absolute Gasteiger partial charge is 0.494 e. The Morgan fingerprint density at radius 2 is 2.08 bits per heavy atom. The molecule has 136 valence electrons. The van der Waals surface area contributed by atoms with Crippen LogP contribution in [0.15, 0.2) is 24.3 Å². The smallest absolute Gasteiger partial charge is 0.317 e. The van der Waals surface area contributed by atoms with Crippen LogP contribution in [0.4, 0.5) is 4.79 Å². The first kappa shape index (κ1) is 17.6. The molecular weight excluding hydrogens is 318 g/mol. The summed E-state index contributed by atoms with van der Waals surface area (Å²) in [6.45, 7) is 5.49. The highest BCUT2D eigenvalue weighted by atomic mass is 16.5. The van der Waals surface area contributed by atoms with Gasteiger partial charge in [0.15, 0.2) is 0 Å². The van der Waals surface area contributed by atoms with Gasteiger partial charge in [0.1, 0.15) is 5.75 Å². The van der Waals surface area contributed by atoms with Gasteiger partial charge in [-0.25, -0.2) is 4.79 Å². The Morgan fingerprint density at radius 3 is 2.80 bits per heavy atom. The van der Waals surface area contributed by atoms with Crippen molar-refractivity contribution in [2.45, 2.75) is 38.6 Å². The normalized spacial score (nSPS) is 20.5. The standard InChI is InChI=1S/C19H27N3O3/c1-15-6-8-17(9-7-15)25-13-3-5-18(23)21-11-2-4-16(14-21)22-12-10-20-19(22)24/h6-9,16H,2-5,10-14H2,1H3,(H,20,24)/t16-/m0/s1. The molecule has 0 spiro atoms. The summed E-state index contributed by atoms with van der Waals surface area (Å²) in [5.74, 6) is 1.01. The number of carbonyl (C=O) groups excluding carboxylic acids is 2. The molecule has 1 aromatic carbocycles. The van der Waals surface area contributed by atoms with Gasteiger partial charge in [0.05, 0.1) is 12.6 Å². The number of aryl methyl sites for hydroxylation is 1. The first-order valence-electron chi connectivity index (χ1n) is 9.15. The molecule has 0 unspecified atom stereocenters. The first-order chi connectivity index (χ1) is 12.1. The fraction of sp³-hybridized carbons (Fsp3) is 0.579. The molecule has 3 amide bonds. The van der Waals surface area contributed by atoms with Crippen LogP contribution in [0.2, 0.25) is 0 Å². The average molecular weight is 345 g/mol. The molecule has 1 aromatic rings. The van der Waals surface area contributed by atoms with Gasteiger partial charge in [0.25, 0.3) is 0 Å². The lowest BCUT2D eigenvalue weighted by Gasteiger charge is -2.37. The fourth-order valence-electron chi connectivity index (χ4n) is 3.48. The predicted octanol–water partition coefficient (Wildman–Crippen LogP) is 2.17. The number of hydrogen-bond acceptors (Lipinski definition) is 3. The van der Waals surface area contributed by atoms with E-state index >= 15 is 0 Å². The van der Waals surface area contributed by atoms with E-state index < -0.39 is 0 Å². The number of piperidine rings is 1. The zero-order chi connectivity index (χ0) is 17.6. The fourth-order valence-corrected chi connectivity index (χ4v) is 3.48. The summed E-state index contributed by atoms with van der Waals surface area (Å²) in [7, 11) is 0.